The highest BCUT2D eigenvalue weighted by atomic mass is 16.5. The quantitative estimate of drug-likeness (QED) is 0.0915. The molecule has 4 fully saturated rings. The fourth-order valence-electron chi connectivity index (χ4n) is 10.8. The van der Waals surface area contributed by atoms with E-state index in [9.17, 15) is 14.7 Å². The van der Waals surface area contributed by atoms with Crippen LogP contribution in [0.4, 0.5) is 0 Å². The third kappa shape index (κ3) is 9.25. The van der Waals surface area contributed by atoms with Gasteiger partial charge in [-0.15, -0.1) is 0 Å². The maximum Gasteiger partial charge on any atom is 0.325 e. The second kappa shape index (κ2) is 17.9. The van der Waals surface area contributed by atoms with Gasteiger partial charge in [0, 0.05) is 12.5 Å². The van der Waals surface area contributed by atoms with E-state index in [1.165, 1.54) is 71.3 Å². The van der Waals surface area contributed by atoms with Crippen molar-refractivity contribution in [3.63, 3.8) is 0 Å². The van der Waals surface area contributed by atoms with Gasteiger partial charge in [-0.05, 0) is 169 Å². The Hall–Kier alpha value is -1.26. The molecule has 266 valence electrons. The summed E-state index contributed by atoms with van der Waals surface area (Å²) < 4.78 is 4.64. The zero-order valence-electron chi connectivity index (χ0n) is 29.7. The van der Waals surface area contributed by atoms with E-state index in [-0.39, 0.29) is 24.0 Å². The minimum atomic E-state index is -0.413. The van der Waals surface area contributed by atoms with Gasteiger partial charge in [0.1, 0.15) is 6.54 Å². The van der Waals surface area contributed by atoms with Crippen LogP contribution in [0.1, 0.15) is 111 Å². The molecule has 4 aliphatic rings. The summed E-state index contributed by atoms with van der Waals surface area (Å²) in [6, 6.07) is 0.580. The summed E-state index contributed by atoms with van der Waals surface area (Å²) in [5.41, 5.74) is 6.11. The number of aliphatic hydroxyl groups is 1. The standard InChI is InChI=1S/C37H69N5O4/c1-26(9-12-33(44)42-25-34(45)46-4)29-10-11-30-35-31(14-16-37(29,30)3)36(2)15-13-28(23-27(36)24-32(35)43)41-22-8-21-40-19-6-5-18-39-20-7-17-38/h26-32,35,39-41,43H,5-25,38H2,1-4H3,(H,42,44)/t26-,27+,28+,29-,30+,31+,32-,35+,36+,37-/m1/s1. The minimum Gasteiger partial charge on any atom is -0.468 e. The first-order valence-corrected chi connectivity index (χ1v) is 19.0. The number of hydrogen-bond acceptors (Lipinski definition) is 8. The Morgan fingerprint density at radius 2 is 1.57 bits per heavy atom. The Morgan fingerprint density at radius 3 is 2.28 bits per heavy atom. The van der Waals surface area contributed by atoms with E-state index >= 15 is 0 Å². The van der Waals surface area contributed by atoms with E-state index < -0.39 is 5.97 Å². The van der Waals surface area contributed by atoms with E-state index in [1.54, 1.807) is 0 Å². The molecule has 1 amide bonds. The molecule has 0 aromatic rings. The predicted molar refractivity (Wildman–Crippen MR) is 185 cm³/mol. The maximum atomic E-state index is 12.4. The van der Waals surface area contributed by atoms with Crippen molar-refractivity contribution in [2.24, 2.45) is 52.1 Å². The van der Waals surface area contributed by atoms with Gasteiger partial charge in [-0.1, -0.05) is 20.8 Å². The van der Waals surface area contributed by atoms with Crippen LogP contribution >= 0.6 is 0 Å². The number of aliphatic hydroxyl groups excluding tert-OH is 1. The van der Waals surface area contributed by atoms with Crippen LogP contribution in [-0.4, -0.2) is 82.1 Å². The van der Waals surface area contributed by atoms with Crippen LogP contribution in [0.25, 0.3) is 0 Å². The molecule has 0 aromatic heterocycles. The van der Waals surface area contributed by atoms with E-state index in [0.29, 0.717) is 53.4 Å². The van der Waals surface area contributed by atoms with Gasteiger partial charge in [-0.3, -0.25) is 9.59 Å². The fourth-order valence-corrected chi connectivity index (χ4v) is 10.8. The Labute approximate surface area is 280 Å². The first-order chi connectivity index (χ1) is 22.1. The van der Waals surface area contributed by atoms with Crippen molar-refractivity contribution in [3.8, 4) is 0 Å². The Morgan fingerprint density at radius 1 is 0.891 bits per heavy atom. The van der Waals surface area contributed by atoms with Gasteiger partial charge >= 0.3 is 5.97 Å². The molecule has 4 saturated carbocycles. The van der Waals surface area contributed by atoms with E-state index in [0.717, 1.165) is 58.5 Å². The summed E-state index contributed by atoms with van der Waals surface area (Å²) in [5, 5.41) is 25.4. The molecule has 7 N–H and O–H groups in total. The fraction of sp³-hybridized carbons (Fsp3) is 0.946. The second-order valence-electron chi connectivity index (χ2n) is 16.0. The Balaban J connectivity index is 1.19. The van der Waals surface area contributed by atoms with Gasteiger partial charge in [0.25, 0.3) is 0 Å². The lowest BCUT2D eigenvalue weighted by Crippen LogP contribution is -2.59. The lowest BCUT2D eigenvalue weighted by Gasteiger charge is -2.62. The average molecular weight is 648 g/mol. The number of methoxy groups -OCH3 is 1. The number of nitrogens with one attached hydrogen (secondary N) is 4. The molecule has 10 atom stereocenters. The summed E-state index contributed by atoms with van der Waals surface area (Å²) in [4.78, 5) is 23.8. The molecule has 0 aromatic carbocycles. The first-order valence-electron chi connectivity index (χ1n) is 19.0. The van der Waals surface area contributed by atoms with Gasteiger partial charge in [0.05, 0.1) is 13.2 Å². The highest BCUT2D eigenvalue weighted by Gasteiger charge is 2.62. The molecule has 9 nitrogen and oxygen atoms in total. The smallest absolute Gasteiger partial charge is 0.325 e. The van der Waals surface area contributed by atoms with Crippen molar-refractivity contribution in [2.75, 3.05) is 52.9 Å². The van der Waals surface area contributed by atoms with Crippen molar-refractivity contribution < 1.29 is 19.4 Å². The molecule has 4 aliphatic carbocycles. The predicted octanol–water partition coefficient (Wildman–Crippen LogP) is 3.98. The lowest BCUT2D eigenvalue weighted by atomic mass is 9.43. The van der Waals surface area contributed by atoms with Crippen LogP contribution in [0.15, 0.2) is 0 Å². The summed E-state index contributed by atoms with van der Waals surface area (Å²) in [6.45, 7) is 13.5. The van der Waals surface area contributed by atoms with Gasteiger partial charge in [-0.25, -0.2) is 0 Å². The van der Waals surface area contributed by atoms with Crippen molar-refractivity contribution in [3.05, 3.63) is 0 Å². The number of ether oxygens (including phenoxy) is 1. The number of carbonyl (C=O) groups excluding carboxylic acids is 2. The normalized spacial score (nSPS) is 35.9. The number of fused-ring (bicyclic) bond motifs is 5. The number of unbranched alkanes of at least 4 members (excludes halogenated alkanes) is 1. The van der Waals surface area contributed by atoms with Crippen molar-refractivity contribution in [1.82, 2.24) is 21.3 Å². The third-order valence-corrected chi connectivity index (χ3v) is 13.4. The van der Waals surface area contributed by atoms with Crippen LogP contribution in [0.5, 0.6) is 0 Å². The monoisotopic (exact) mass is 648 g/mol. The SMILES string of the molecule is COC(=O)CNC(=O)CC[C@@H](C)[C@H]1CC[C@H]2[C@@H]3[C@H](O)C[C@@H]4C[C@@H](NCCCNCCCCNCCCN)CC[C@]4(C)[C@H]3CC[C@]12C. The molecule has 0 saturated heterocycles. The molecule has 0 aliphatic heterocycles. The molecule has 9 heteroatoms. The molecule has 0 radical (unpaired) electrons. The molecule has 0 spiro atoms. The number of rotatable bonds is 19. The minimum absolute atomic E-state index is 0.0582. The Bertz CT molecular complexity index is 953. The second-order valence-corrected chi connectivity index (χ2v) is 16.0. The summed E-state index contributed by atoms with van der Waals surface area (Å²) in [7, 11) is 1.34. The molecule has 0 bridgehead atoms. The van der Waals surface area contributed by atoms with Crippen molar-refractivity contribution >= 4 is 11.9 Å². The van der Waals surface area contributed by atoms with Gasteiger partial charge in [-0.2, -0.15) is 0 Å². The van der Waals surface area contributed by atoms with E-state index in [1.807, 2.05) is 0 Å². The van der Waals surface area contributed by atoms with Gasteiger partial charge in [0.2, 0.25) is 5.91 Å². The summed E-state index contributed by atoms with van der Waals surface area (Å²) in [5.74, 6) is 2.77. The molecular formula is C37H69N5O4. The number of nitrogens with two attached hydrogens (primary N) is 1. The van der Waals surface area contributed by atoms with Crippen LogP contribution in [0.3, 0.4) is 0 Å². The Kier molecular flexibility index (Phi) is 14.6. The maximum absolute atomic E-state index is 12.4. The highest BCUT2D eigenvalue weighted by Crippen LogP contribution is 2.68. The molecule has 0 heterocycles. The number of amides is 1. The topological polar surface area (TPSA) is 138 Å². The van der Waals surface area contributed by atoms with Crippen LogP contribution < -0.4 is 27.0 Å². The van der Waals surface area contributed by atoms with Crippen LogP contribution in [0, 0.1) is 46.3 Å². The molecule has 4 rings (SSSR count). The molecule has 46 heavy (non-hydrogen) atoms. The van der Waals surface area contributed by atoms with Crippen LogP contribution in [0.2, 0.25) is 0 Å². The number of hydrogen-bond donors (Lipinski definition) is 6. The van der Waals surface area contributed by atoms with E-state index in [2.05, 4.69) is 46.8 Å². The zero-order chi connectivity index (χ0) is 33.2. The molecular weight excluding hydrogens is 578 g/mol. The van der Waals surface area contributed by atoms with E-state index in [4.69, 9.17) is 5.73 Å². The average Bonchev–Trinajstić information content (AvgIpc) is 3.40. The summed E-state index contributed by atoms with van der Waals surface area (Å²) >= 11 is 0. The van der Waals surface area contributed by atoms with Gasteiger partial charge in [0.15, 0.2) is 0 Å². The number of esters is 1. The third-order valence-electron chi connectivity index (χ3n) is 13.4. The summed E-state index contributed by atoms with van der Waals surface area (Å²) in [6.07, 6.45) is 15.4. The van der Waals surface area contributed by atoms with Crippen molar-refractivity contribution in [2.45, 2.75) is 123 Å². The zero-order valence-corrected chi connectivity index (χ0v) is 29.7. The number of carbonyl (C=O) groups is 2. The van der Waals surface area contributed by atoms with Crippen LogP contribution in [-0.2, 0) is 14.3 Å². The van der Waals surface area contributed by atoms with Gasteiger partial charge < -0.3 is 36.8 Å². The first kappa shape index (κ1) is 37.6. The molecule has 0 unspecified atom stereocenters. The van der Waals surface area contributed by atoms with Crippen molar-refractivity contribution in [1.29, 1.82) is 0 Å². The lowest BCUT2D eigenvalue weighted by molar-refractivity contribution is -0.167. The largest absolute Gasteiger partial charge is 0.468 e. The highest BCUT2D eigenvalue weighted by molar-refractivity contribution is 5.81.